The van der Waals surface area contributed by atoms with Crippen LogP contribution in [-0.4, -0.2) is 28.9 Å². The van der Waals surface area contributed by atoms with E-state index in [0.29, 0.717) is 30.1 Å². The molecule has 1 fully saturated rings. The van der Waals surface area contributed by atoms with Crippen LogP contribution >= 0.6 is 11.3 Å². The van der Waals surface area contributed by atoms with Gasteiger partial charge < -0.3 is 10.2 Å². The summed E-state index contributed by atoms with van der Waals surface area (Å²) < 4.78 is 1.20. The van der Waals surface area contributed by atoms with Crippen molar-refractivity contribution >= 4 is 44.5 Å². The van der Waals surface area contributed by atoms with Crippen molar-refractivity contribution in [1.29, 1.82) is 0 Å². The molecule has 1 N–H and O–H groups in total. The first kappa shape index (κ1) is 18.1. The summed E-state index contributed by atoms with van der Waals surface area (Å²) in [5.41, 5.74) is 3.30. The minimum Gasteiger partial charge on any atom is -0.366 e. The molecular weight excluding hydrogens is 388 g/mol. The number of rotatable bonds is 3. The fraction of sp³-hybridized carbons (Fsp3) is 0.333. The molecule has 148 valence electrons. The average molecular weight is 408 g/mol. The summed E-state index contributed by atoms with van der Waals surface area (Å²) in [6.45, 7) is 1.46. The lowest BCUT2D eigenvalue weighted by molar-refractivity contribution is -0.384. The van der Waals surface area contributed by atoms with Crippen LogP contribution in [0.15, 0.2) is 36.4 Å². The first-order valence-corrected chi connectivity index (χ1v) is 10.6. The van der Waals surface area contributed by atoms with E-state index in [1.807, 2.05) is 18.2 Å². The normalized spacial score (nSPS) is 17.2. The number of carbonyl (C=O) groups excluding carboxylic acids is 1. The van der Waals surface area contributed by atoms with E-state index in [0.717, 1.165) is 42.0 Å². The van der Waals surface area contributed by atoms with E-state index in [1.54, 1.807) is 23.5 Å². The Morgan fingerprint density at radius 2 is 1.97 bits per heavy atom. The monoisotopic (exact) mass is 408 g/mol. The zero-order chi connectivity index (χ0) is 20.0. The number of nitro benzene ring substituents is 1. The minimum absolute atomic E-state index is 0.0353. The first-order valence-electron chi connectivity index (χ1n) is 9.80. The second-order valence-corrected chi connectivity index (χ2v) is 8.65. The summed E-state index contributed by atoms with van der Waals surface area (Å²) in [5.74, 6) is 0.340. The summed E-state index contributed by atoms with van der Waals surface area (Å²) >= 11 is 1.74. The lowest BCUT2D eigenvalue weighted by atomic mass is 9.95. The van der Waals surface area contributed by atoms with Crippen molar-refractivity contribution < 1.29 is 9.72 Å². The van der Waals surface area contributed by atoms with Gasteiger partial charge in [-0.3, -0.25) is 14.9 Å². The van der Waals surface area contributed by atoms with E-state index in [-0.39, 0.29) is 16.5 Å². The van der Waals surface area contributed by atoms with Crippen LogP contribution in [0.2, 0.25) is 0 Å². The molecule has 1 aromatic heterocycles. The van der Waals surface area contributed by atoms with Crippen LogP contribution in [0.25, 0.3) is 10.2 Å². The van der Waals surface area contributed by atoms with E-state index >= 15 is 0 Å². The second kappa shape index (κ2) is 7.11. The topological polar surface area (TPSA) is 88.4 Å². The smallest absolute Gasteiger partial charge is 0.292 e. The van der Waals surface area contributed by atoms with Crippen molar-refractivity contribution in [1.82, 2.24) is 4.98 Å². The van der Waals surface area contributed by atoms with Gasteiger partial charge in [0.25, 0.3) is 5.69 Å². The summed E-state index contributed by atoms with van der Waals surface area (Å²) in [6.07, 6.45) is 2.72. The summed E-state index contributed by atoms with van der Waals surface area (Å²) in [7, 11) is 0. The largest absolute Gasteiger partial charge is 0.366 e. The van der Waals surface area contributed by atoms with Crippen molar-refractivity contribution in [3.8, 4) is 0 Å². The van der Waals surface area contributed by atoms with E-state index in [4.69, 9.17) is 4.98 Å². The molecule has 7 nitrogen and oxygen atoms in total. The average Bonchev–Trinajstić information content (AvgIpc) is 3.17. The first-order chi connectivity index (χ1) is 14.1. The van der Waals surface area contributed by atoms with Crippen LogP contribution < -0.4 is 10.2 Å². The van der Waals surface area contributed by atoms with Crippen LogP contribution in [0.5, 0.6) is 0 Å². The Hall–Kier alpha value is -3.00. The molecule has 2 aliphatic rings. The predicted octanol–water partition coefficient (Wildman–Crippen LogP) is 4.47. The lowest BCUT2D eigenvalue weighted by Crippen LogP contribution is -2.33. The minimum atomic E-state index is -0.314. The molecular formula is C21H20N4O3S. The van der Waals surface area contributed by atoms with Gasteiger partial charge in [-0.2, -0.15) is 0 Å². The fourth-order valence-electron chi connectivity index (χ4n) is 4.24. The zero-order valence-corrected chi connectivity index (χ0v) is 16.6. The molecule has 0 bridgehead atoms. The van der Waals surface area contributed by atoms with Gasteiger partial charge in [0.05, 0.1) is 20.1 Å². The molecule has 0 saturated carbocycles. The van der Waals surface area contributed by atoms with Gasteiger partial charge in [-0.25, -0.2) is 4.98 Å². The molecule has 3 aromatic rings. The van der Waals surface area contributed by atoms with Crippen LogP contribution in [0.1, 0.15) is 35.8 Å². The molecule has 1 amide bonds. The van der Waals surface area contributed by atoms with Gasteiger partial charge in [0, 0.05) is 37.2 Å². The van der Waals surface area contributed by atoms with Gasteiger partial charge in [-0.05, 0) is 43.0 Å². The highest BCUT2D eigenvalue weighted by molar-refractivity contribution is 7.18. The number of nitrogens with one attached hydrogen (secondary N) is 1. The molecule has 3 heterocycles. The molecule has 0 unspecified atom stereocenters. The van der Waals surface area contributed by atoms with Crippen molar-refractivity contribution in [2.75, 3.05) is 23.3 Å². The number of aryl methyl sites for hydroxylation is 1. The summed E-state index contributed by atoms with van der Waals surface area (Å²) in [4.78, 5) is 30.0. The quantitative estimate of drug-likeness (QED) is 0.510. The fourth-order valence-corrected chi connectivity index (χ4v) is 5.37. The number of hydrogen-bond donors (Lipinski definition) is 1. The van der Waals surface area contributed by atoms with Crippen molar-refractivity contribution in [3.05, 3.63) is 57.1 Å². The molecule has 8 heteroatoms. The molecule has 0 atom stereocenters. The molecule has 2 aliphatic heterocycles. The number of anilines is 2. The number of benzene rings is 2. The Morgan fingerprint density at radius 1 is 1.17 bits per heavy atom. The van der Waals surface area contributed by atoms with Crippen LogP contribution in [0.3, 0.4) is 0 Å². The third kappa shape index (κ3) is 3.33. The van der Waals surface area contributed by atoms with Gasteiger partial charge in [-0.1, -0.05) is 12.1 Å². The molecule has 2 aromatic carbocycles. The maximum Gasteiger partial charge on any atom is 0.292 e. The highest BCUT2D eigenvalue weighted by atomic mass is 32.1. The van der Waals surface area contributed by atoms with Crippen LogP contribution in [-0.2, 0) is 11.2 Å². The molecule has 0 aliphatic carbocycles. The van der Waals surface area contributed by atoms with Crippen LogP contribution in [0.4, 0.5) is 17.1 Å². The second-order valence-electron chi connectivity index (χ2n) is 7.58. The summed E-state index contributed by atoms with van der Waals surface area (Å²) in [5, 5.41) is 15.7. The number of nitrogens with zero attached hydrogens (tertiary/aromatic N) is 3. The van der Waals surface area contributed by atoms with Gasteiger partial charge in [0.2, 0.25) is 5.91 Å². The van der Waals surface area contributed by atoms with Gasteiger partial charge >= 0.3 is 0 Å². The van der Waals surface area contributed by atoms with E-state index in [1.165, 1.54) is 4.70 Å². The highest BCUT2D eigenvalue weighted by Crippen LogP contribution is 2.40. The predicted molar refractivity (Wildman–Crippen MR) is 114 cm³/mol. The number of nitro groups is 1. The molecule has 29 heavy (non-hydrogen) atoms. The Bertz CT molecular complexity index is 1090. The highest BCUT2D eigenvalue weighted by Gasteiger charge is 2.29. The van der Waals surface area contributed by atoms with Crippen molar-refractivity contribution in [2.24, 2.45) is 0 Å². The maximum atomic E-state index is 11.7. The number of aromatic nitrogens is 1. The molecule has 1 saturated heterocycles. The SMILES string of the molecule is O=C1CCc2cc([N+](=O)[O-])c(N3CCC(c4nc5ccccc5s4)CC3)cc2N1. The number of carbonyl (C=O) groups is 1. The van der Waals surface area contributed by atoms with Gasteiger partial charge in [0.15, 0.2) is 0 Å². The number of amides is 1. The van der Waals surface area contributed by atoms with Crippen LogP contribution in [0, 0.1) is 10.1 Å². The van der Waals surface area contributed by atoms with Crippen molar-refractivity contribution in [2.45, 2.75) is 31.6 Å². The summed E-state index contributed by atoms with van der Waals surface area (Å²) in [6, 6.07) is 11.6. The third-order valence-corrected chi connectivity index (χ3v) is 6.99. The number of piperidine rings is 1. The Balaban J connectivity index is 1.39. The Kier molecular flexibility index (Phi) is 4.43. The van der Waals surface area contributed by atoms with E-state index in [9.17, 15) is 14.9 Å². The third-order valence-electron chi connectivity index (χ3n) is 5.79. The van der Waals surface area contributed by atoms with Crippen molar-refractivity contribution in [3.63, 3.8) is 0 Å². The molecule has 5 rings (SSSR count). The standard InChI is InChI=1S/C21H20N4O3S/c26-20-6-5-14-11-18(25(27)28)17(12-16(14)22-20)24-9-7-13(8-10-24)21-23-15-3-1-2-4-19(15)29-21/h1-4,11-13H,5-10H2,(H,22,26). The number of hydrogen-bond acceptors (Lipinski definition) is 6. The van der Waals surface area contributed by atoms with Gasteiger partial charge in [-0.15, -0.1) is 11.3 Å². The Morgan fingerprint density at radius 3 is 2.72 bits per heavy atom. The molecule has 0 radical (unpaired) electrons. The Labute approximate surface area is 171 Å². The number of thiazole rings is 1. The number of fused-ring (bicyclic) bond motifs is 2. The van der Waals surface area contributed by atoms with Gasteiger partial charge in [0.1, 0.15) is 5.69 Å². The lowest BCUT2D eigenvalue weighted by Gasteiger charge is -2.33. The molecule has 0 spiro atoms. The van der Waals surface area contributed by atoms with E-state index < -0.39 is 0 Å². The maximum absolute atomic E-state index is 11.7. The van der Waals surface area contributed by atoms with E-state index in [2.05, 4.69) is 16.3 Å². The zero-order valence-electron chi connectivity index (χ0n) is 15.8. The number of para-hydroxylation sites is 1.